The van der Waals surface area contributed by atoms with Crippen molar-refractivity contribution in [3.05, 3.63) is 12.2 Å². The number of hydrogen-bond donors (Lipinski definition) is 2. The molecule has 2 N–H and O–H groups in total. The second kappa shape index (κ2) is 33.4. The summed E-state index contributed by atoms with van der Waals surface area (Å²) in [6, 6.07) is 0. The molecule has 3 nitrogen and oxygen atoms in total. The highest BCUT2D eigenvalue weighted by atomic mass is 16.3. The van der Waals surface area contributed by atoms with Gasteiger partial charge in [-0.1, -0.05) is 174 Å². The Morgan fingerprint density at radius 2 is 0.949 bits per heavy atom. The Hall–Kier alpha value is -0.830. The van der Waals surface area contributed by atoms with Gasteiger partial charge in [0.2, 0.25) is 5.91 Å². The van der Waals surface area contributed by atoms with Crippen molar-refractivity contribution < 1.29 is 9.90 Å². The van der Waals surface area contributed by atoms with Gasteiger partial charge in [0.15, 0.2) is 0 Å². The standard InChI is InChI=1S/C36H71NO2/c1-3-5-6-7-8-9-10-11-12-15-18-21-24-27-30-33-36(39)37-34-31-28-25-22-19-16-13-14-17-20-23-26-29-32-35(38)4-2/h29,32,35,38H,3-28,30-31,33-34H2,1-2H3,(H,37,39). The third kappa shape index (κ3) is 33.3. The lowest BCUT2D eigenvalue weighted by molar-refractivity contribution is -0.121. The van der Waals surface area contributed by atoms with Crippen molar-refractivity contribution >= 4 is 5.91 Å². The first kappa shape index (κ1) is 38.2. The molecular formula is C36H71NO2. The summed E-state index contributed by atoms with van der Waals surface area (Å²) in [6.45, 7) is 5.16. The summed E-state index contributed by atoms with van der Waals surface area (Å²) >= 11 is 0. The van der Waals surface area contributed by atoms with Crippen LogP contribution in [0.25, 0.3) is 0 Å². The number of carbonyl (C=O) groups is 1. The molecule has 39 heavy (non-hydrogen) atoms. The van der Waals surface area contributed by atoms with Crippen molar-refractivity contribution in [3.8, 4) is 0 Å². The van der Waals surface area contributed by atoms with E-state index in [-0.39, 0.29) is 12.0 Å². The first-order valence-corrected chi connectivity index (χ1v) is 17.8. The molecule has 0 heterocycles. The van der Waals surface area contributed by atoms with Crippen molar-refractivity contribution in [3.63, 3.8) is 0 Å². The van der Waals surface area contributed by atoms with E-state index in [1.807, 2.05) is 13.0 Å². The molecule has 0 rings (SSSR count). The molecule has 1 amide bonds. The van der Waals surface area contributed by atoms with Gasteiger partial charge in [0.05, 0.1) is 6.10 Å². The lowest BCUT2D eigenvalue weighted by atomic mass is 10.0. The van der Waals surface area contributed by atoms with E-state index < -0.39 is 0 Å². The molecule has 0 aliphatic carbocycles. The molecule has 0 aromatic heterocycles. The summed E-state index contributed by atoms with van der Waals surface area (Å²) in [5, 5.41) is 12.6. The van der Waals surface area contributed by atoms with E-state index in [1.54, 1.807) is 0 Å². The molecule has 0 aliphatic rings. The Morgan fingerprint density at radius 1 is 0.564 bits per heavy atom. The average molecular weight is 550 g/mol. The van der Waals surface area contributed by atoms with E-state index in [4.69, 9.17) is 0 Å². The summed E-state index contributed by atoms with van der Waals surface area (Å²) in [5.74, 6) is 0.263. The monoisotopic (exact) mass is 550 g/mol. The summed E-state index contributed by atoms with van der Waals surface area (Å²) in [6.07, 6.45) is 41.4. The van der Waals surface area contributed by atoms with Gasteiger partial charge in [-0.15, -0.1) is 0 Å². The van der Waals surface area contributed by atoms with Crippen molar-refractivity contribution in [1.82, 2.24) is 5.32 Å². The SMILES string of the molecule is CCCCCCCCCCCCCCCCCC(=O)NCCCCCCCCCCCCCC=CC(O)CC. The van der Waals surface area contributed by atoms with E-state index in [1.165, 1.54) is 154 Å². The van der Waals surface area contributed by atoms with E-state index >= 15 is 0 Å². The van der Waals surface area contributed by atoms with E-state index in [2.05, 4.69) is 18.3 Å². The summed E-state index contributed by atoms with van der Waals surface area (Å²) in [7, 11) is 0. The molecule has 0 aromatic rings. The highest BCUT2D eigenvalue weighted by molar-refractivity contribution is 5.75. The Kier molecular flexibility index (Phi) is 32.7. The van der Waals surface area contributed by atoms with Crippen LogP contribution in [0.4, 0.5) is 0 Å². The zero-order valence-corrected chi connectivity index (χ0v) is 26.8. The molecule has 0 aromatic carbocycles. The normalized spacial score (nSPS) is 12.4. The predicted octanol–water partition coefficient (Wildman–Crippen LogP) is 11.4. The number of hydrogen-bond acceptors (Lipinski definition) is 2. The number of amides is 1. The zero-order chi connectivity index (χ0) is 28.5. The molecule has 0 bridgehead atoms. The number of aliphatic hydroxyl groups is 1. The van der Waals surface area contributed by atoms with E-state index in [0.717, 1.165) is 38.6 Å². The van der Waals surface area contributed by atoms with Gasteiger partial charge in [0, 0.05) is 13.0 Å². The second-order valence-corrected chi connectivity index (χ2v) is 12.1. The quantitative estimate of drug-likeness (QED) is 0.0647. The summed E-state index contributed by atoms with van der Waals surface area (Å²) < 4.78 is 0. The van der Waals surface area contributed by atoms with Crippen LogP contribution in [-0.4, -0.2) is 23.7 Å². The van der Waals surface area contributed by atoms with Crippen LogP contribution in [0.5, 0.6) is 0 Å². The van der Waals surface area contributed by atoms with Crippen LogP contribution in [0.1, 0.15) is 200 Å². The van der Waals surface area contributed by atoms with Gasteiger partial charge in [-0.25, -0.2) is 0 Å². The Balaban J connectivity index is 3.18. The van der Waals surface area contributed by atoms with Gasteiger partial charge in [0.1, 0.15) is 0 Å². The number of rotatable bonds is 32. The van der Waals surface area contributed by atoms with Gasteiger partial charge >= 0.3 is 0 Å². The van der Waals surface area contributed by atoms with E-state index in [9.17, 15) is 9.90 Å². The van der Waals surface area contributed by atoms with Crippen LogP contribution in [0.3, 0.4) is 0 Å². The predicted molar refractivity (Wildman–Crippen MR) is 173 cm³/mol. The topological polar surface area (TPSA) is 49.3 Å². The highest BCUT2D eigenvalue weighted by Gasteiger charge is 2.01. The van der Waals surface area contributed by atoms with Gasteiger partial charge < -0.3 is 10.4 Å². The maximum Gasteiger partial charge on any atom is 0.219 e. The molecule has 1 unspecified atom stereocenters. The molecule has 0 spiro atoms. The lowest BCUT2D eigenvalue weighted by Gasteiger charge is -2.06. The first-order valence-electron chi connectivity index (χ1n) is 17.8. The van der Waals surface area contributed by atoms with E-state index in [0.29, 0.717) is 0 Å². The summed E-state index contributed by atoms with van der Waals surface area (Å²) in [4.78, 5) is 12.0. The number of carbonyl (C=O) groups excluding carboxylic acids is 1. The van der Waals surface area contributed by atoms with Crippen LogP contribution in [0, 0.1) is 0 Å². The Labute approximate surface area is 245 Å². The van der Waals surface area contributed by atoms with Crippen molar-refractivity contribution in [2.45, 2.75) is 206 Å². The Bertz CT molecular complexity index is 504. The van der Waals surface area contributed by atoms with Crippen molar-refractivity contribution in [2.75, 3.05) is 6.54 Å². The lowest BCUT2D eigenvalue weighted by Crippen LogP contribution is -2.23. The number of nitrogens with one attached hydrogen (secondary N) is 1. The molecule has 0 fully saturated rings. The number of unbranched alkanes of at least 4 members (excludes halogenated alkanes) is 25. The smallest absolute Gasteiger partial charge is 0.219 e. The van der Waals surface area contributed by atoms with Gasteiger partial charge in [-0.05, 0) is 32.1 Å². The fourth-order valence-corrected chi connectivity index (χ4v) is 5.34. The minimum atomic E-state index is -0.253. The van der Waals surface area contributed by atoms with Gasteiger partial charge in [-0.2, -0.15) is 0 Å². The minimum absolute atomic E-state index is 0.253. The highest BCUT2D eigenvalue weighted by Crippen LogP contribution is 2.14. The van der Waals surface area contributed by atoms with Crippen LogP contribution >= 0.6 is 0 Å². The van der Waals surface area contributed by atoms with Crippen molar-refractivity contribution in [1.29, 1.82) is 0 Å². The van der Waals surface area contributed by atoms with Gasteiger partial charge in [0.25, 0.3) is 0 Å². The maximum absolute atomic E-state index is 12.0. The molecule has 3 heteroatoms. The summed E-state index contributed by atoms with van der Waals surface area (Å²) in [5.41, 5.74) is 0. The third-order valence-corrected chi connectivity index (χ3v) is 8.15. The van der Waals surface area contributed by atoms with Gasteiger partial charge in [-0.3, -0.25) is 4.79 Å². The largest absolute Gasteiger partial charge is 0.389 e. The maximum atomic E-state index is 12.0. The molecule has 232 valence electrons. The number of aliphatic hydroxyl groups excluding tert-OH is 1. The van der Waals surface area contributed by atoms with Crippen LogP contribution < -0.4 is 5.32 Å². The minimum Gasteiger partial charge on any atom is -0.389 e. The van der Waals surface area contributed by atoms with Crippen LogP contribution in [-0.2, 0) is 4.79 Å². The molecule has 1 atom stereocenters. The molecule has 0 saturated heterocycles. The zero-order valence-electron chi connectivity index (χ0n) is 26.8. The third-order valence-electron chi connectivity index (χ3n) is 8.15. The molecule has 0 saturated carbocycles. The fourth-order valence-electron chi connectivity index (χ4n) is 5.34. The number of allylic oxidation sites excluding steroid dienone is 1. The second-order valence-electron chi connectivity index (χ2n) is 12.1. The average Bonchev–Trinajstić information content (AvgIpc) is 2.94. The molecule has 0 aliphatic heterocycles. The first-order chi connectivity index (χ1) is 19.2. The Morgan fingerprint density at radius 3 is 1.38 bits per heavy atom. The fraction of sp³-hybridized carbons (Fsp3) is 0.917. The van der Waals surface area contributed by atoms with Crippen molar-refractivity contribution in [2.24, 2.45) is 0 Å². The molecular weight excluding hydrogens is 478 g/mol. The molecule has 0 radical (unpaired) electrons. The van der Waals surface area contributed by atoms with Crippen LogP contribution in [0.2, 0.25) is 0 Å². The van der Waals surface area contributed by atoms with Crippen LogP contribution in [0.15, 0.2) is 12.2 Å².